The molecule has 0 saturated heterocycles. The molecule has 2 aliphatic rings. The Bertz CT molecular complexity index is 433. The van der Waals surface area contributed by atoms with Crippen LogP contribution in [0, 0.1) is 11.8 Å². The number of furan rings is 1. The van der Waals surface area contributed by atoms with E-state index in [4.69, 9.17) is 4.42 Å². The maximum absolute atomic E-state index is 11.6. The van der Waals surface area contributed by atoms with E-state index in [1.807, 2.05) is 6.07 Å². The van der Waals surface area contributed by atoms with Gasteiger partial charge in [0.05, 0.1) is 0 Å². The summed E-state index contributed by atoms with van der Waals surface area (Å²) in [5, 5.41) is 2.98. The van der Waals surface area contributed by atoms with Crippen LogP contribution >= 0.6 is 0 Å². The summed E-state index contributed by atoms with van der Waals surface area (Å²) in [7, 11) is 0. The third-order valence-corrected chi connectivity index (χ3v) is 4.04. The highest BCUT2D eigenvalue weighted by molar-refractivity contribution is 5.76. The van der Waals surface area contributed by atoms with Gasteiger partial charge in [-0.2, -0.15) is 0 Å². The van der Waals surface area contributed by atoms with Crippen molar-refractivity contribution in [3.8, 4) is 0 Å². The van der Waals surface area contributed by atoms with Crippen LogP contribution in [0.25, 0.3) is 0 Å². The zero-order chi connectivity index (χ0) is 12.5. The molecule has 0 aliphatic heterocycles. The summed E-state index contributed by atoms with van der Waals surface area (Å²) in [6, 6.07) is 4.10. The van der Waals surface area contributed by atoms with Gasteiger partial charge < -0.3 is 9.73 Å². The second-order valence-electron chi connectivity index (χ2n) is 5.87. The molecule has 1 heterocycles. The summed E-state index contributed by atoms with van der Waals surface area (Å²) in [5.74, 6) is 4.36. The van der Waals surface area contributed by atoms with Crippen molar-refractivity contribution in [1.29, 1.82) is 0 Å². The van der Waals surface area contributed by atoms with Gasteiger partial charge in [0.25, 0.3) is 0 Å². The van der Waals surface area contributed by atoms with Crippen LogP contribution in [0.4, 0.5) is 0 Å². The minimum atomic E-state index is 0.152. The van der Waals surface area contributed by atoms with E-state index in [1.54, 1.807) is 0 Å². The lowest BCUT2D eigenvalue weighted by molar-refractivity contribution is -0.121. The number of carbonyl (C=O) groups excluding carboxylic acids is 1. The Hall–Kier alpha value is -1.25. The van der Waals surface area contributed by atoms with Gasteiger partial charge in [0.15, 0.2) is 0 Å². The molecule has 0 spiro atoms. The minimum Gasteiger partial charge on any atom is -0.466 e. The number of rotatable bonds is 6. The second-order valence-corrected chi connectivity index (χ2v) is 5.87. The van der Waals surface area contributed by atoms with E-state index in [-0.39, 0.29) is 5.91 Å². The molecule has 2 saturated carbocycles. The number of amides is 1. The third kappa shape index (κ3) is 2.95. The van der Waals surface area contributed by atoms with Crippen LogP contribution in [-0.4, -0.2) is 12.5 Å². The third-order valence-electron chi connectivity index (χ3n) is 4.04. The largest absolute Gasteiger partial charge is 0.466 e. The molecule has 1 N–H and O–H groups in total. The summed E-state index contributed by atoms with van der Waals surface area (Å²) in [5.41, 5.74) is 0. The van der Waals surface area contributed by atoms with Crippen LogP contribution in [0.1, 0.15) is 50.0 Å². The second kappa shape index (κ2) is 4.79. The van der Waals surface area contributed by atoms with Crippen molar-refractivity contribution in [1.82, 2.24) is 5.32 Å². The van der Waals surface area contributed by atoms with Crippen molar-refractivity contribution in [3.63, 3.8) is 0 Å². The fourth-order valence-electron chi connectivity index (χ4n) is 2.35. The number of aryl methyl sites for hydroxylation is 1. The fourth-order valence-corrected chi connectivity index (χ4v) is 2.35. The molecule has 1 aromatic heterocycles. The Morgan fingerprint density at radius 1 is 1.44 bits per heavy atom. The van der Waals surface area contributed by atoms with Gasteiger partial charge in [-0.3, -0.25) is 4.79 Å². The van der Waals surface area contributed by atoms with Crippen molar-refractivity contribution >= 4 is 5.91 Å². The van der Waals surface area contributed by atoms with E-state index in [9.17, 15) is 4.79 Å². The molecular weight excluding hydrogens is 226 g/mol. The monoisotopic (exact) mass is 247 g/mol. The molecule has 0 aromatic carbocycles. The summed E-state index contributed by atoms with van der Waals surface area (Å²) in [6.45, 7) is 3.11. The quantitative estimate of drug-likeness (QED) is 0.840. The molecule has 2 atom stereocenters. The minimum absolute atomic E-state index is 0.152. The first-order chi connectivity index (χ1) is 8.72. The summed E-state index contributed by atoms with van der Waals surface area (Å²) in [6.07, 6.45) is 5.06. The molecular formula is C15H21NO2. The fraction of sp³-hybridized carbons (Fsp3) is 0.667. The van der Waals surface area contributed by atoms with E-state index >= 15 is 0 Å². The summed E-state index contributed by atoms with van der Waals surface area (Å²) < 4.78 is 5.79. The van der Waals surface area contributed by atoms with Gasteiger partial charge in [-0.1, -0.05) is 6.92 Å². The molecule has 3 heteroatoms. The van der Waals surface area contributed by atoms with Gasteiger partial charge >= 0.3 is 0 Å². The lowest BCUT2D eigenvalue weighted by atomic mass is 10.2. The Balaban J connectivity index is 1.41. The van der Waals surface area contributed by atoms with Crippen LogP contribution in [0.3, 0.4) is 0 Å². The van der Waals surface area contributed by atoms with Gasteiger partial charge in [0.1, 0.15) is 11.5 Å². The van der Waals surface area contributed by atoms with E-state index < -0.39 is 0 Å². The van der Waals surface area contributed by atoms with Gasteiger partial charge in [-0.25, -0.2) is 0 Å². The molecule has 2 fully saturated rings. The zero-order valence-corrected chi connectivity index (χ0v) is 10.9. The van der Waals surface area contributed by atoms with Crippen LogP contribution in [-0.2, 0) is 11.2 Å². The molecule has 1 amide bonds. The van der Waals surface area contributed by atoms with Crippen molar-refractivity contribution in [2.45, 2.75) is 44.9 Å². The van der Waals surface area contributed by atoms with Crippen LogP contribution in [0.2, 0.25) is 0 Å². The smallest absolute Gasteiger partial charge is 0.220 e. The zero-order valence-electron chi connectivity index (χ0n) is 10.9. The molecule has 3 nitrogen and oxygen atoms in total. The highest BCUT2D eigenvalue weighted by Gasteiger charge is 2.36. The maximum atomic E-state index is 11.6. The average molecular weight is 247 g/mol. The highest BCUT2D eigenvalue weighted by atomic mass is 16.3. The first kappa shape index (κ1) is 11.8. The summed E-state index contributed by atoms with van der Waals surface area (Å²) >= 11 is 0. The normalized spacial score (nSPS) is 26.1. The topological polar surface area (TPSA) is 42.2 Å². The lowest BCUT2D eigenvalue weighted by Crippen LogP contribution is -2.25. The molecule has 0 radical (unpaired) electrons. The van der Waals surface area contributed by atoms with Crippen molar-refractivity contribution in [2.75, 3.05) is 6.54 Å². The first-order valence-electron chi connectivity index (χ1n) is 7.07. The Labute approximate surface area is 108 Å². The van der Waals surface area contributed by atoms with E-state index in [2.05, 4.69) is 18.3 Å². The van der Waals surface area contributed by atoms with Gasteiger partial charge in [0.2, 0.25) is 5.91 Å². The number of hydrogen-bond donors (Lipinski definition) is 1. The van der Waals surface area contributed by atoms with Crippen LogP contribution in [0.5, 0.6) is 0 Å². The van der Waals surface area contributed by atoms with E-state index in [0.29, 0.717) is 12.3 Å². The van der Waals surface area contributed by atoms with Gasteiger partial charge in [-0.05, 0) is 43.2 Å². The predicted molar refractivity (Wildman–Crippen MR) is 69.3 cm³/mol. The van der Waals surface area contributed by atoms with Crippen molar-refractivity contribution in [3.05, 3.63) is 23.7 Å². The van der Waals surface area contributed by atoms with Crippen LogP contribution in [0.15, 0.2) is 16.5 Å². The molecule has 18 heavy (non-hydrogen) atoms. The highest BCUT2D eigenvalue weighted by Crippen LogP contribution is 2.47. The Kier molecular flexibility index (Phi) is 3.14. The van der Waals surface area contributed by atoms with E-state index in [1.165, 1.54) is 19.3 Å². The standard InChI is InChI=1S/C15H21NO2/c1-10-8-13(10)14-6-4-12(18-14)5-7-15(17)16-9-11-2-3-11/h4,6,10-11,13H,2-3,5,7-9H2,1H3,(H,16,17). The SMILES string of the molecule is CC1CC1c1ccc(CCC(=O)NCC2CC2)o1. The van der Waals surface area contributed by atoms with E-state index in [0.717, 1.165) is 36.3 Å². The Morgan fingerprint density at radius 3 is 2.89 bits per heavy atom. The maximum Gasteiger partial charge on any atom is 0.220 e. The van der Waals surface area contributed by atoms with Crippen molar-refractivity contribution < 1.29 is 9.21 Å². The molecule has 2 aliphatic carbocycles. The predicted octanol–water partition coefficient (Wildman–Crippen LogP) is 2.86. The van der Waals surface area contributed by atoms with Crippen molar-refractivity contribution in [2.24, 2.45) is 11.8 Å². The number of carbonyl (C=O) groups is 1. The molecule has 2 unspecified atom stereocenters. The first-order valence-corrected chi connectivity index (χ1v) is 7.07. The molecule has 1 aromatic rings. The number of hydrogen-bond acceptors (Lipinski definition) is 2. The van der Waals surface area contributed by atoms with Gasteiger partial charge in [0, 0.05) is 25.3 Å². The molecule has 98 valence electrons. The molecule has 0 bridgehead atoms. The lowest BCUT2D eigenvalue weighted by Gasteiger charge is -2.02. The average Bonchev–Trinajstić information content (AvgIpc) is 3.26. The Morgan fingerprint density at radius 2 is 2.22 bits per heavy atom. The summed E-state index contributed by atoms with van der Waals surface area (Å²) in [4.78, 5) is 11.6. The van der Waals surface area contributed by atoms with Crippen LogP contribution < -0.4 is 5.32 Å². The van der Waals surface area contributed by atoms with Gasteiger partial charge in [-0.15, -0.1) is 0 Å². The number of nitrogens with one attached hydrogen (secondary N) is 1. The molecule has 3 rings (SSSR count).